The molecule has 1 saturated heterocycles. The number of amides is 1. The van der Waals surface area contributed by atoms with Crippen molar-refractivity contribution in [2.75, 3.05) is 19.7 Å². The first-order valence-corrected chi connectivity index (χ1v) is 10.7. The molecule has 2 N–H and O–H groups in total. The first kappa shape index (κ1) is 21.0. The number of hydrogen-bond donors (Lipinski definition) is 1. The number of nitrogens with zero attached hydrogens (tertiary/aromatic N) is 3. The Morgan fingerprint density at radius 3 is 2.62 bits per heavy atom. The van der Waals surface area contributed by atoms with Gasteiger partial charge in [-0.05, 0) is 51.0 Å². The highest BCUT2D eigenvalue weighted by molar-refractivity contribution is 7.89. The summed E-state index contributed by atoms with van der Waals surface area (Å²) in [6.45, 7) is 4.04. The molecule has 0 saturated carbocycles. The van der Waals surface area contributed by atoms with Gasteiger partial charge >= 0.3 is 0 Å². The van der Waals surface area contributed by atoms with E-state index in [2.05, 4.69) is 9.97 Å². The fourth-order valence-electron chi connectivity index (χ4n) is 3.14. The number of aryl methyl sites for hydroxylation is 2. The average Bonchev–Trinajstić information content (AvgIpc) is 2.66. The van der Waals surface area contributed by atoms with Gasteiger partial charge in [0, 0.05) is 18.3 Å². The number of ether oxygens (including phenoxy) is 2. The Balaban J connectivity index is 1.69. The number of hydrogen-bond acceptors (Lipinski definition) is 7. The summed E-state index contributed by atoms with van der Waals surface area (Å²) in [5.41, 5.74) is 5.83. The lowest BCUT2D eigenvalue weighted by Crippen LogP contribution is -2.44. The zero-order valence-corrected chi connectivity index (χ0v) is 17.2. The van der Waals surface area contributed by atoms with Crippen molar-refractivity contribution in [3.8, 4) is 11.6 Å². The van der Waals surface area contributed by atoms with Crippen LogP contribution in [0.2, 0.25) is 0 Å². The number of carbonyl (C=O) groups excluding carboxylic acids is 1. The van der Waals surface area contributed by atoms with E-state index in [0.29, 0.717) is 30.4 Å². The molecule has 0 spiro atoms. The third-order valence-electron chi connectivity index (χ3n) is 4.41. The second kappa shape index (κ2) is 8.75. The van der Waals surface area contributed by atoms with Crippen LogP contribution in [0.3, 0.4) is 0 Å². The molecule has 0 aliphatic carbocycles. The Bertz CT molecular complexity index is 958. The predicted octanol–water partition coefficient (Wildman–Crippen LogP) is 1.19. The van der Waals surface area contributed by atoms with E-state index in [4.69, 9.17) is 15.2 Å². The van der Waals surface area contributed by atoms with E-state index in [1.54, 1.807) is 13.0 Å². The van der Waals surface area contributed by atoms with E-state index in [9.17, 15) is 13.2 Å². The van der Waals surface area contributed by atoms with E-state index in [1.165, 1.54) is 28.6 Å². The van der Waals surface area contributed by atoms with Crippen LogP contribution in [0.1, 0.15) is 24.4 Å². The SMILES string of the molecule is Cc1cc(O[C@@H]2CCCN(S(=O)(=O)c3ccc(OCC(N)=O)cc3)C2)nc(C)n1. The Morgan fingerprint density at radius 2 is 1.97 bits per heavy atom. The highest BCUT2D eigenvalue weighted by atomic mass is 32.2. The van der Waals surface area contributed by atoms with Gasteiger partial charge in [0.1, 0.15) is 17.7 Å². The summed E-state index contributed by atoms with van der Waals surface area (Å²) >= 11 is 0. The Labute approximate surface area is 169 Å². The maximum Gasteiger partial charge on any atom is 0.255 e. The van der Waals surface area contributed by atoms with Gasteiger partial charge in [0.2, 0.25) is 15.9 Å². The monoisotopic (exact) mass is 420 g/mol. The molecular formula is C19H24N4O5S. The minimum atomic E-state index is -3.68. The molecule has 1 atom stereocenters. The Hall–Kier alpha value is -2.72. The molecule has 0 radical (unpaired) electrons. The highest BCUT2D eigenvalue weighted by Crippen LogP contribution is 2.24. The lowest BCUT2D eigenvalue weighted by molar-refractivity contribution is -0.119. The molecule has 29 heavy (non-hydrogen) atoms. The van der Waals surface area contributed by atoms with Crippen molar-refractivity contribution in [3.05, 3.63) is 41.9 Å². The Morgan fingerprint density at radius 1 is 1.24 bits per heavy atom. The number of primary amides is 1. The topological polar surface area (TPSA) is 125 Å². The number of carbonyl (C=O) groups is 1. The van der Waals surface area contributed by atoms with Crippen LogP contribution in [0, 0.1) is 13.8 Å². The summed E-state index contributed by atoms with van der Waals surface area (Å²) in [5.74, 6) is 0.835. The van der Waals surface area contributed by atoms with Gasteiger partial charge in [0.15, 0.2) is 6.61 Å². The number of rotatable bonds is 7. The second-order valence-electron chi connectivity index (χ2n) is 6.87. The molecule has 10 heteroatoms. The first-order valence-electron chi connectivity index (χ1n) is 9.24. The summed E-state index contributed by atoms with van der Waals surface area (Å²) in [7, 11) is -3.68. The summed E-state index contributed by atoms with van der Waals surface area (Å²) in [6.07, 6.45) is 1.14. The molecule has 0 unspecified atom stereocenters. The van der Waals surface area contributed by atoms with E-state index in [-0.39, 0.29) is 24.2 Å². The fourth-order valence-corrected chi connectivity index (χ4v) is 4.66. The van der Waals surface area contributed by atoms with E-state index in [0.717, 1.165) is 12.1 Å². The predicted molar refractivity (Wildman–Crippen MR) is 105 cm³/mol. The molecule has 2 heterocycles. The van der Waals surface area contributed by atoms with Crippen molar-refractivity contribution in [1.29, 1.82) is 0 Å². The molecule has 1 amide bonds. The lowest BCUT2D eigenvalue weighted by Gasteiger charge is -2.31. The van der Waals surface area contributed by atoms with Crippen LogP contribution in [0.5, 0.6) is 11.6 Å². The number of aromatic nitrogens is 2. The minimum absolute atomic E-state index is 0.151. The Kier molecular flexibility index (Phi) is 6.33. The number of piperidine rings is 1. The maximum absolute atomic E-state index is 13.0. The van der Waals surface area contributed by atoms with Crippen molar-refractivity contribution in [2.24, 2.45) is 5.73 Å². The van der Waals surface area contributed by atoms with E-state index < -0.39 is 15.9 Å². The van der Waals surface area contributed by atoms with Gasteiger partial charge in [0.25, 0.3) is 5.91 Å². The van der Waals surface area contributed by atoms with Crippen LogP contribution in [-0.4, -0.2) is 54.4 Å². The van der Waals surface area contributed by atoms with Gasteiger partial charge < -0.3 is 15.2 Å². The minimum Gasteiger partial charge on any atom is -0.484 e. The maximum atomic E-state index is 13.0. The van der Waals surface area contributed by atoms with Crippen molar-refractivity contribution in [2.45, 2.75) is 37.7 Å². The molecule has 1 aromatic carbocycles. The van der Waals surface area contributed by atoms with Gasteiger partial charge in [-0.1, -0.05) is 0 Å². The summed E-state index contributed by atoms with van der Waals surface area (Å²) in [5, 5.41) is 0. The smallest absolute Gasteiger partial charge is 0.255 e. The standard InChI is InChI=1S/C19H24N4O5S/c1-13-10-19(22-14(2)21-13)28-16-4-3-9-23(11-16)29(25,26)17-7-5-15(6-8-17)27-12-18(20)24/h5-8,10,16H,3-4,9,11-12H2,1-2H3,(H2,20,24)/t16-/m1/s1. The molecule has 0 bridgehead atoms. The lowest BCUT2D eigenvalue weighted by atomic mass is 10.1. The van der Waals surface area contributed by atoms with Crippen molar-refractivity contribution in [1.82, 2.24) is 14.3 Å². The van der Waals surface area contributed by atoms with Crippen LogP contribution < -0.4 is 15.2 Å². The van der Waals surface area contributed by atoms with Gasteiger partial charge in [-0.3, -0.25) is 4.79 Å². The van der Waals surface area contributed by atoms with Crippen LogP contribution in [0.15, 0.2) is 35.2 Å². The summed E-state index contributed by atoms with van der Waals surface area (Å²) in [4.78, 5) is 19.4. The zero-order valence-electron chi connectivity index (χ0n) is 16.4. The summed E-state index contributed by atoms with van der Waals surface area (Å²) in [6, 6.07) is 7.65. The van der Waals surface area contributed by atoms with Crippen molar-refractivity contribution in [3.63, 3.8) is 0 Å². The van der Waals surface area contributed by atoms with E-state index >= 15 is 0 Å². The fraction of sp³-hybridized carbons (Fsp3) is 0.421. The first-order chi connectivity index (χ1) is 13.7. The third kappa shape index (κ3) is 5.42. The van der Waals surface area contributed by atoms with E-state index in [1.807, 2.05) is 6.92 Å². The quantitative estimate of drug-likeness (QED) is 0.713. The molecular weight excluding hydrogens is 396 g/mol. The summed E-state index contributed by atoms with van der Waals surface area (Å²) < 4.78 is 38.5. The van der Waals surface area contributed by atoms with Gasteiger partial charge in [0.05, 0.1) is 11.4 Å². The molecule has 3 rings (SSSR count). The molecule has 1 aliphatic heterocycles. The largest absolute Gasteiger partial charge is 0.484 e. The van der Waals surface area contributed by atoms with Crippen LogP contribution in [0.4, 0.5) is 0 Å². The molecule has 2 aromatic rings. The second-order valence-corrected chi connectivity index (χ2v) is 8.80. The van der Waals surface area contributed by atoms with Gasteiger partial charge in [-0.25, -0.2) is 13.4 Å². The average molecular weight is 420 g/mol. The molecule has 1 fully saturated rings. The highest BCUT2D eigenvalue weighted by Gasteiger charge is 2.31. The van der Waals surface area contributed by atoms with Gasteiger partial charge in [-0.15, -0.1) is 0 Å². The van der Waals surface area contributed by atoms with Crippen molar-refractivity contribution >= 4 is 15.9 Å². The van der Waals surface area contributed by atoms with Crippen LogP contribution in [-0.2, 0) is 14.8 Å². The number of nitrogens with two attached hydrogens (primary N) is 1. The van der Waals surface area contributed by atoms with Crippen LogP contribution >= 0.6 is 0 Å². The molecule has 1 aromatic heterocycles. The molecule has 9 nitrogen and oxygen atoms in total. The third-order valence-corrected chi connectivity index (χ3v) is 6.29. The molecule has 156 valence electrons. The van der Waals surface area contributed by atoms with Crippen LogP contribution in [0.25, 0.3) is 0 Å². The normalized spacial score (nSPS) is 17.7. The number of sulfonamides is 1. The molecule has 1 aliphatic rings. The van der Waals surface area contributed by atoms with Crippen molar-refractivity contribution < 1.29 is 22.7 Å². The zero-order chi connectivity index (χ0) is 21.0. The van der Waals surface area contributed by atoms with Gasteiger partial charge in [-0.2, -0.15) is 9.29 Å². The number of benzene rings is 1.